The zero-order chi connectivity index (χ0) is 13.1. The molecule has 0 aliphatic heterocycles. The summed E-state index contributed by atoms with van der Waals surface area (Å²) in [4.78, 5) is 4.13. The van der Waals surface area contributed by atoms with Crippen LogP contribution in [0, 0.1) is 5.92 Å². The average Bonchev–Trinajstić information content (AvgIpc) is 2.28. The SMILES string of the molecule is CCCCN=CNP(=O)(OC)SSCC(C)C. The largest absolute Gasteiger partial charge is 0.361 e. The van der Waals surface area contributed by atoms with Gasteiger partial charge in [-0.05, 0) is 12.3 Å². The van der Waals surface area contributed by atoms with Crippen molar-refractivity contribution in [2.45, 2.75) is 33.6 Å². The van der Waals surface area contributed by atoms with Crippen LogP contribution in [-0.4, -0.2) is 25.7 Å². The maximum Gasteiger partial charge on any atom is 0.361 e. The second-order valence-electron chi connectivity index (χ2n) is 3.95. The Hall–Kier alpha value is 0.360. The van der Waals surface area contributed by atoms with Crippen LogP contribution >= 0.6 is 27.9 Å². The Labute approximate surface area is 112 Å². The molecule has 4 nitrogen and oxygen atoms in total. The minimum atomic E-state index is -2.82. The predicted molar refractivity (Wildman–Crippen MR) is 80.9 cm³/mol. The van der Waals surface area contributed by atoms with Gasteiger partial charge in [0.05, 0.1) is 6.34 Å². The van der Waals surface area contributed by atoms with Crippen molar-refractivity contribution in [3.05, 3.63) is 0 Å². The molecule has 1 unspecified atom stereocenters. The summed E-state index contributed by atoms with van der Waals surface area (Å²) in [5, 5.41) is 2.76. The Balaban J connectivity index is 3.92. The van der Waals surface area contributed by atoms with Crippen molar-refractivity contribution in [3.8, 4) is 0 Å². The van der Waals surface area contributed by atoms with Crippen LogP contribution in [0.2, 0.25) is 0 Å². The van der Waals surface area contributed by atoms with E-state index in [2.05, 4.69) is 30.9 Å². The summed E-state index contributed by atoms with van der Waals surface area (Å²) in [5.74, 6) is 1.53. The quantitative estimate of drug-likeness (QED) is 0.215. The molecule has 0 aliphatic rings. The molecule has 102 valence electrons. The number of hydrogen-bond acceptors (Lipinski definition) is 5. The fraction of sp³-hybridized carbons (Fsp3) is 0.900. The molecule has 0 aromatic carbocycles. The fourth-order valence-electron chi connectivity index (χ4n) is 0.766. The van der Waals surface area contributed by atoms with E-state index < -0.39 is 6.72 Å². The highest BCUT2D eigenvalue weighted by atomic mass is 33.3. The molecule has 1 atom stereocenters. The molecule has 0 aliphatic carbocycles. The number of nitrogens with zero attached hydrogens (tertiary/aromatic N) is 1. The molecule has 0 amide bonds. The summed E-state index contributed by atoms with van der Waals surface area (Å²) in [6.45, 7) is 4.31. The molecule has 1 N–H and O–H groups in total. The van der Waals surface area contributed by atoms with Crippen molar-refractivity contribution in [2.24, 2.45) is 10.9 Å². The Bertz CT molecular complexity index is 263. The van der Waals surface area contributed by atoms with Crippen molar-refractivity contribution >= 4 is 34.3 Å². The van der Waals surface area contributed by atoms with Crippen molar-refractivity contribution < 1.29 is 9.09 Å². The van der Waals surface area contributed by atoms with E-state index in [9.17, 15) is 4.57 Å². The molecule has 0 fully saturated rings. The Morgan fingerprint density at radius 3 is 2.76 bits per heavy atom. The predicted octanol–water partition coefficient (Wildman–Crippen LogP) is 4.20. The zero-order valence-electron chi connectivity index (χ0n) is 11.0. The highest BCUT2D eigenvalue weighted by Crippen LogP contribution is 2.60. The summed E-state index contributed by atoms with van der Waals surface area (Å²) >= 11 is 0. The summed E-state index contributed by atoms with van der Waals surface area (Å²) in [6, 6.07) is 0. The van der Waals surface area contributed by atoms with Gasteiger partial charge in [-0.1, -0.05) is 38.0 Å². The molecule has 0 aromatic heterocycles. The van der Waals surface area contributed by atoms with Crippen molar-refractivity contribution in [1.29, 1.82) is 0 Å². The van der Waals surface area contributed by atoms with E-state index in [0.717, 1.165) is 25.1 Å². The van der Waals surface area contributed by atoms with E-state index >= 15 is 0 Å². The van der Waals surface area contributed by atoms with Crippen LogP contribution in [-0.2, 0) is 9.09 Å². The lowest BCUT2D eigenvalue weighted by Crippen LogP contribution is -2.06. The average molecular weight is 298 g/mol. The highest BCUT2D eigenvalue weighted by molar-refractivity contribution is 8.99. The van der Waals surface area contributed by atoms with Gasteiger partial charge in [-0.2, -0.15) is 0 Å². The normalized spacial score (nSPS) is 15.4. The van der Waals surface area contributed by atoms with Crippen molar-refractivity contribution in [2.75, 3.05) is 19.4 Å². The van der Waals surface area contributed by atoms with Crippen LogP contribution in [0.5, 0.6) is 0 Å². The van der Waals surface area contributed by atoms with Crippen LogP contribution in [0.25, 0.3) is 0 Å². The summed E-state index contributed by atoms with van der Waals surface area (Å²) < 4.78 is 17.1. The van der Waals surface area contributed by atoms with Crippen LogP contribution in [0.3, 0.4) is 0 Å². The molecular weight excluding hydrogens is 275 g/mol. The van der Waals surface area contributed by atoms with Crippen molar-refractivity contribution in [1.82, 2.24) is 5.09 Å². The lowest BCUT2D eigenvalue weighted by molar-refractivity contribution is 0.406. The monoisotopic (exact) mass is 298 g/mol. The minimum absolute atomic E-state index is 0.580. The summed E-state index contributed by atoms with van der Waals surface area (Å²) in [7, 11) is 4.28. The van der Waals surface area contributed by atoms with Crippen LogP contribution in [0.1, 0.15) is 33.6 Å². The van der Waals surface area contributed by atoms with Gasteiger partial charge in [0, 0.05) is 29.8 Å². The molecule has 0 radical (unpaired) electrons. The highest BCUT2D eigenvalue weighted by Gasteiger charge is 2.21. The third-order valence-corrected chi connectivity index (χ3v) is 8.55. The first-order chi connectivity index (χ1) is 8.04. The fourth-order valence-corrected chi connectivity index (χ4v) is 6.27. The van der Waals surface area contributed by atoms with Gasteiger partial charge in [0.1, 0.15) is 0 Å². The van der Waals surface area contributed by atoms with Gasteiger partial charge in [-0.15, -0.1) is 0 Å². The van der Waals surface area contributed by atoms with E-state index in [4.69, 9.17) is 4.52 Å². The second-order valence-corrected chi connectivity index (χ2v) is 10.2. The second kappa shape index (κ2) is 10.3. The van der Waals surface area contributed by atoms with E-state index in [1.165, 1.54) is 23.9 Å². The molecule has 0 heterocycles. The first-order valence-corrected chi connectivity index (χ1v) is 10.3. The van der Waals surface area contributed by atoms with E-state index in [1.54, 1.807) is 10.8 Å². The molecule has 0 saturated carbocycles. The molecule has 0 saturated heterocycles. The maximum absolute atomic E-state index is 12.1. The Morgan fingerprint density at radius 2 is 2.24 bits per heavy atom. The van der Waals surface area contributed by atoms with Gasteiger partial charge in [0.25, 0.3) is 0 Å². The standard InChI is InChI=1S/C10H23N2O2PS2/c1-5-6-7-11-9-12-15(13,14-4)17-16-8-10(2)3/h9-10H,5-8H2,1-4H3,(H,11,12,13). The molecular formula is C10H23N2O2PS2. The lowest BCUT2D eigenvalue weighted by Gasteiger charge is -2.14. The van der Waals surface area contributed by atoms with Crippen molar-refractivity contribution in [3.63, 3.8) is 0 Å². The molecule has 0 bridgehead atoms. The first-order valence-electron chi connectivity index (χ1n) is 5.77. The molecule has 0 aromatic rings. The van der Waals surface area contributed by atoms with Gasteiger partial charge in [-0.25, -0.2) is 0 Å². The minimum Gasteiger partial charge on any atom is -0.309 e. The zero-order valence-corrected chi connectivity index (χ0v) is 13.5. The Kier molecular flexibility index (Phi) is 10.5. The maximum atomic E-state index is 12.1. The van der Waals surface area contributed by atoms with Crippen LogP contribution in [0.15, 0.2) is 4.99 Å². The van der Waals surface area contributed by atoms with Crippen LogP contribution < -0.4 is 5.09 Å². The summed E-state index contributed by atoms with van der Waals surface area (Å²) in [5.41, 5.74) is 0. The molecule has 0 rings (SSSR count). The third kappa shape index (κ3) is 10.0. The third-order valence-electron chi connectivity index (χ3n) is 1.74. The van der Waals surface area contributed by atoms with Gasteiger partial charge in [0.15, 0.2) is 0 Å². The topological polar surface area (TPSA) is 50.7 Å². The number of unbranched alkanes of at least 4 members (excludes halogenated alkanes) is 1. The van der Waals surface area contributed by atoms with Gasteiger partial charge in [0.2, 0.25) is 0 Å². The van der Waals surface area contributed by atoms with Gasteiger partial charge < -0.3 is 4.52 Å². The number of hydrogen-bond donors (Lipinski definition) is 1. The molecule has 7 heteroatoms. The number of rotatable bonds is 10. The number of nitrogens with one attached hydrogen (secondary N) is 1. The molecule has 0 spiro atoms. The van der Waals surface area contributed by atoms with Crippen LogP contribution in [0.4, 0.5) is 0 Å². The lowest BCUT2D eigenvalue weighted by atomic mass is 10.3. The molecule has 17 heavy (non-hydrogen) atoms. The smallest absolute Gasteiger partial charge is 0.309 e. The van der Waals surface area contributed by atoms with Gasteiger partial charge in [-0.3, -0.25) is 14.6 Å². The van der Waals surface area contributed by atoms with E-state index in [-0.39, 0.29) is 0 Å². The number of aliphatic imine (C=N–C) groups is 1. The Morgan fingerprint density at radius 1 is 1.53 bits per heavy atom. The first kappa shape index (κ1) is 17.4. The van der Waals surface area contributed by atoms with Gasteiger partial charge >= 0.3 is 6.72 Å². The van der Waals surface area contributed by atoms with E-state index in [0.29, 0.717) is 5.92 Å². The summed E-state index contributed by atoms with van der Waals surface area (Å²) in [6.07, 6.45) is 3.66. The van der Waals surface area contributed by atoms with E-state index in [1.807, 2.05) is 0 Å².